The van der Waals surface area contributed by atoms with Gasteiger partial charge in [0, 0.05) is 58.1 Å². The van der Waals surface area contributed by atoms with Crippen LogP contribution in [0.4, 0.5) is 11.4 Å². The van der Waals surface area contributed by atoms with Crippen LogP contribution in [0.1, 0.15) is 11.1 Å². The lowest BCUT2D eigenvalue weighted by Crippen LogP contribution is -2.13. The number of anilines is 2. The summed E-state index contributed by atoms with van der Waals surface area (Å²) >= 11 is 0. The predicted molar refractivity (Wildman–Crippen MR) is 87.7 cm³/mol. The molecule has 112 valence electrons. The molecular weight excluding hydrogens is 264 g/mol. The van der Waals surface area contributed by atoms with Gasteiger partial charge in [-0.2, -0.15) is 0 Å². The first-order chi connectivity index (χ1) is 9.88. The van der Waals surface area contributed by atoms with Crippen LogP contribution in [-0.4, -0.2) is 38.4 Å². The molecule has 4 nitrogen and oxygen atoms in total. The minimum atomic E-state index is 0.265. The van der Waals surface area contributed by atoms with Crippen molar-refractivity contribution in [2.45, 2.75) is 6.42 Å². The summed E-state index contributed by atoms with van der Waals surface area (Å²) in [6.45, 7) is 0. The summed E-state index contributed by atoms with van der Waals surface area (Å²) < 4.78 is 0. The van der Waals surface area contributed by atoms with E-state index in [2.05, 4.69) is 0 Å². The van der Waals surface area contributed by atoms with Gasteiger partial charge in [0.1, 0.15) is 11.5 Å². The zero-order valence-electron chi connectivity index (χ0n) is 13.0. The average molecular weight is 286 g/mol. The molecular formula is C17H22N2O2. The van der Waals surface area contributed by atoms with E-state index in [1.807, 2.05) is 50.1 Å². The molecule has 0 aromatic heterocycles. The van der Waals surface area contributed by atoms with Crippen molar-refractivity contribution in [3.05, 3.63) is 47.5 Å². The third-order valence-corrected chi connectivity index (χ3v) is 3.48. The molecule has 0 atom stereocenters. The summed E-state index contributed by atoms with van der Waals surface area (Å²) in [5.74, 6) is 0.530. The highest BCUT2D eigenvalue weighted by Gasteiger charge is 2.11. The van der Waals surface area contributed by atoms with Gasteiger partial charge in [-0.3, -0.25) is 0 Å². The third kappa shape index (κ3) is 3.40. The van der Waals surface area contributed by atoms with Crippen LogP contribution in [0.3, 0.4) is 0 Å². The Balaban J connectivity index is 2.43. The first kappa shape index (κ1) is 15.0. The van der Waals surface area contributed by atoms with Gasteiger partial charge >= 0.3 is 0 Å². The molecule has 0 fully saturated rings. The molecule has 0 heterocycles. The Bertz CT molecular complexity index is 581. The molecule has 2 rings (SSSR count). The Morgan fingerprint density at radius 3 is 1.43 bits per heavy atom. The van der Waals surface area contributed by atoms with Gasteiger partial charge in [0.05, 0.1) is 0 Å². The first-order valence-electron chi connectivity index (χ1n) is 6.87. The zero-order chi connectivity index (χ0) is 15.6. The standard InChI is InChI=1S/C17H22N2O2/c1-18(2)16-10-14(20)7-5-12(16)9-13-6-8-15(21)11-17(13)19(3)4/h5-8,10-11,20-21H,9H2,1-4H3. The molecule has 0 aliphatic heterocycles. The quantitative estimate of drug-likeness (QED) is 0.907. The van der Waals surface area contributed by atoms with Gasteiger partial charge in [-0.1, -0.05) is 12.1 Å². The summed E-state index contributed by atoms with van der Waals surface area (Å²) in [4.78, 5) is 3.98. The molecule has 21 heavy (non-hydrogen) atoms. The second-order valence-electron chi connectivity index (χ2n) is 5.59. The summed E-state index contributed by atoms with van der Waals surface area (Å²) in [5.41, 5.74) is 4.25. The van der Waals surface area contributed by atoms with Crippen molar-refractivity contribution >= 4 is 11.4 Å². The molecule has 0 aliphatic rings. The fraction of sp³-hybridized carbons (Fsp3) is 0.294. The lowest BCUT2D eigenvalue weighted by Gasteiger charge is -2.21. The van der Waals surface area contributed by atoms with E-state index in [4.69, 9.17) is 0 Å². The van der Waals surface area contributed by atoms with Crippen LogP contribution in [0, 0.1) is 0 Å². The second-order valence-corrected chi connectivity index (χ2v) is 5.59. The van der Waals surface area contributed by atoms with Crippen LogP contribution in [0.15, 0.2) is 36.4 Å². The number of hydrogen-bond donors (Lipinski definition) is 2. The molecule has 2 aromatic rings. The van der Waals surface area contributed by atoms with Crippen LogP contribution in [-0.2, 0) is 6.42 Å². The number of hydrogen-bond acceptors (Lipinski definition) is 4. The molecule has 0 bridgehead atoms. The molecule has 0 radical (unpaired) electrons. The van der Waals surface area contributed by atoms with E-state index in [9.17, 15) is 10.2 Å². The lowest BCUT2D eigenvalue weighted by molar-refractivity contribution is 0.475. The molecule has 0 amide bonds. The minimum absolute atomic E-state index is 0.265. The number of phenolic OH excluding ortho intramolecular Hbond substituents is 2. The highest BCUT2D eigenvalue weighted by molar-refractivity contribution is 5.62. The number of phenols is 2. The number of aromatic hydroxyl groups is 2. The lowest BCUT2D eigenvalue weighted by atomic mass is 10.0. The van der Waals surface area contributed by atoms with Gasteiger partial charge in [-0.25, -0.2) is 0 Å². The van der Waals surface area contributed by atoms with Crippen molar-refractivity contribution in [3.8, 4) is 11.5 Å². The van der Waals surface area contributed by atoms with E-state index in [0.717, 1.165) is 28.9 Å². The van der Waals surface area contributed by atoms with Gasteiger partial charge < -0.3 is 20.0 Å². The van der Waals surface area contributed by atoms with Gasteiger partial charge in [0.25, 0.3) is 0 Å². The van der Waals surface area contributed by atoms with Gasteiger partial charge in [0.2, 0.25) is 0 Å². The van der Waals surface area contributed by atoms with E-state index in [-0.39, 0.29) is 11.5 Å². The van der Waals surface area contributed by atoms with Crippen molar-refractivity contribution in [2.75, 3.05) is 38.0 Å². The smallest absolute Gasteiger partial charge is 0.117 e. The fourth-order valence-corrected chi connectivity index (χ4v) is 2.44. The maximum atomic E-state index is 9.66. The molecule has 0 saturated heterocycles. The Morgan fingerprint density at radius 2 is 1.10 bits per heavy atom. The number of rotatable bonds is 4. The molecule has 0 aliphatic carbocycles. The van der Waals surface area contributed by atoms with E-state index >= 15 is 0 Å². The van der Waals surface area contributed by atoms with Crippen molar-refractivity contribution in [1.29, 1.82) is 0 Å². The third-order valence-electron chi connectivity index (χ3n) is 3.48. The van der Waals surface area contributed by atoms with Crippen molar-refractivity contribution in [2.24, 2.45) is 0 Å². The Labute approximate surface area is 125 Å². The van der Waals surface area contributed by atoms with E-state index in [1.165, 1.54) is 0 Å². The summed E-state index contributed by atoms with van der Waals surface area (Å²) in [5, 5.41) is 19.3. The largest absolute Gasteiger partial charge is 0.508 e. The van der Waals surface area contributed by atoms with Crippen LogP contribution < -0.4 is 9.80 Å². The number of nitrogens with zero attached hydrogens (tertiary/aromatic N) is 2. The van der Waals surface area contributed by atoms with Crippen LogP contribution >= 0.6 is 0 Å². The van der Waals surface area contributed by atoms with Crippen molar-refractivity contribution < 1.29 is 10.2 Å². The average Bonchev–Trinajstić information content (AvgIpc) is 2.42. The maximum absolute atomic E-state index is 9.66. The topological polar surface area (TPSA) is 46.9 Å². The summed E-state index contributed by atoms with van der Waals surface area (Å²) in [7, 11) is 7.84. The normalized spacial score (nSPS) is 10.5. The molecule has 2 N–H and O–H groups in total. The number of benzene rings is 2. The van der Waals surface area contributed by atoms with Gasteiger partial charge in [0.15, 0.2) is 0 Å². The van der Waals surface area contributed by atoms with E-state index < -0.39 is 0 Å². The highest BCUT2D eigenvalue weighted by Crippen LogP contribution is 2.30. The zero-order valence-corrected chi connectivity index (χ0v) is 13.0. The van der Waals surface area contributed by atoms with Crippen molar-refractivity contribution in [3.63, 3.8) is 0 Å². The highest BCUT2D eigenvalue weighted by atomic mass is 16.3. The predicted octanol–water partition coefficient (Wildman–Crippen LogP) is 2.82. The van der Waals surface area contributed by atoms with Crippen molar-refractivity contribution in [1.82, 2.24) is 0 Å². The van der Waals surface area contributed by atoms with Crippen LogP contribution in [0.2, 0.25) is 0 Å². The first-order valence-corrected chi connectivity index (χ1v) is 6.87. The van der Waals surface area contributed by atoms with Gasteiger partial charge in [-0.05, 0) is 23.3 Å². The monoisotopic (exact) mass is 286 g/mol. The second kappa shape index (κ2) is 5.95. The Hall–Kier alpha value is -2.36. The van der Waals surface area contributed by atoms with Crippen LogP contribution in [0.25, 0.3) is 0 Å². The van der Waals surface area contributed by atoms with Gasteiger partial charge in [-0.15, -0.1) is 0 Å². The molecule has 4 heteroatoms. The summed E-state index contributed by atoms with van der Waals surface area (Å²) in [6.07, 6.45) is 0.738. The SMILES string of the molecule is CN(C)c1cc(O)ccc1Cc1ccc(O)cc1N(C)C. The van der Waals surface area contributed by atoms with Crippen LogP contribution in [0.5, 0.6) is 11.5 Å². The van der Waals surface area contributed by atoms with E-state index in [1.54, 1.807) is 24.3 Å². The maximum Gasteiger partial charge on any atom is 0.117 e. The van der Waals surface area contributed by atoms with E-state index in [0.29, 0.717) is 0 Å². The molecule has 0 spiro atoms. The Morgan fingerprint density at radius 1 is 0.714 bits per heavy atom. The minimum Gasteiger partial charge on any atom is -0.508 e. The Kier molecular flexibility index (Phi) is 4.26. The molecule has 0 saturated carbocycles. The summed E-state index contributed by atoms with van der Waals surface area (Å²) in [6, 6.07) is 10.8. The molecule has 2 aromatic carbocycles. The fourth-order valence-electron chi connectivity index (χ4n) is 2.44. The molecule has 0 unspecified atom stereocenters.